The topological polar surface area (TPSA) is 81.6 Å². The summed E-state index contributed by atoms with van der Waals surface area (Å²) in [5.74, 6) is 0.0570. The highest BCUT2D eigenvalue weighted by Gasteiger charge is 2.19. The summed E-state index contributed by atoms with van der Waals surface area (Å²) in [5, 5.41) is 14.1. The highest BCUT2D eigenvalue weighted by Crippen LogP contribution is 2.29. The lowest BCUT2D eigenvalue weighted by molar-refractivity contribution is -0.121. The Labute approximate surface area is 184 Å². The lowest BCUT2D eigenvalue weighted by atomic mass is 10.2. The molecule has 1 fully saturated rings. The summed E-state index contributed by atoms with van der Waals surface area (Å²) in [6.07, 6.45) is 1.38. The largest absolute Gasteiger partial charge is 0.390 e. The Morgan fingerprint density at radius 2 is 1.97 bits per heavy atom. The molecule has 30 heavy (non-hydrogen) atoms. The molecular weight excluding hydrogens is 418 g/mol. The van der Waals surface area contributed by atoms with E-state index in [1.165, 1.54) is 16.0 Å². The molecule has 0 unspecified atom stereocenters. The van der Waals surface area contributed by atoms with Crippen LogP contribution in [0.4, 0.5) is 5.13 Å². The third kappa shape index (κ3) is 5.15. The number of nitrogens with one attached hydrogen (secondary N) is 1. The molecule has 9 heteroatoms. The van der Waals surface area contributed by atoms with E-state index in [4.69, 9.17) is 4.98 Å². The van der Waals surface area contributed by atoms with Crippen LogP contribution in [0.25, 0.3) is 10.2 Å². The number of aromatic nitrogens is 2. The maximum atomic E-state index is 12.1. The van der Waals surface area contributed by atoms with Crippen molar-refractivity contribution in [1.82, 2.24) is 20.2 Å². The molecule has 0 saturated carbocycles. The molecule has 2 N–H and O–H groups in total. The molecule has 1 aliphatic rings. The molecule has 0 radical (unpaired) electrons. The number of para-hydroxylation sites is 1. The van der Waals surface area contributed by atoms with Gasteiger partial charge in [0, 0.05) is 37.5 Å². The van der Waals surface area contributed by atoms with Crippen molar-refractivity contribution in [2.45, 2.75) is 32.9 Å². The van der Waals surface area contributed by atoms with Gasteiger partial charge in [0.2, 0.25) is 5.91 Å². The second-order valence-electron chi connectivity index (χ2n) is 7.44. The van der Waals surface area contributed by atoms with E-state index in [9.17, 15) is 9.90 Å². The number of aliphatic hydroxyl groups excluding tert-OH is 1. The number of aryl methyl sites for hydroxylation is 1. The number of fused-ring (bicyclic) bond motifs is 1. The minimum absolute atomic E-state index is 0.0531. The molecule has 0 bridgehead atoms. The van der Waals surface area contributed by atoms with Gasteiger partial charge >= 0.3 is 0 Å². The van der Waals surface area contributed by atoms with E-state index < -0.39 is 0 Å². The van der Waals surface area contributed by atoms with Crippen molar-refractivity contribution >= 4 is 43.9 Å². The third-order valence-electron chi connectivity index (χ3n) is 5.33. The number of rotatable bonds is 8. The number of carbonyl (C=O) groups is 1. The Balaban J connectivity index is 1.15. The minimum atomic E-state index is -0.0531. The number of amides is 1. The average molecular weight is 446 g/mol. The van der Waals surface area contributed by atoms with E-state index >= 15 is 0 Å². The summed E-state index contributed by atoms with van der Waals surface area (Å²) in [4.78, 5) is 27.0. The Kier molecular flexibility index (Phi) is 6.93. The van der Waals surface area contributed by atoms with Gasteiger partial charge in [-0.05, 0) is 32.0 Å². The summed E-state index contributed by atoms with van der Waals surface area (Å²) < 4.78 is 1.24. The van der Waals surface area contributed by atoms with Gasteiger partial charge in [0.1, 0.15) is 5.01 Å². The summed E-state index contributed by atoms with van der Waals surface area (Å²) in [6.45, 7) is 7.20. The molecule has 7 nitrogen and oxygen atoms in total. The van der Waals surface area contributed by atoms with Gasteiger partial charge in [0.05, 0.1) is 29.1 Å². The number of thiazole rings is 2. The van der Waals surface area contributed by atoms with Crippen molar-refractivity contribution in [2.75, 3.05) is 37.6 Å². The van der Waals surface area contributed by atoms with E-state index in [1.807, 2.05) is 13.0 Å². The monoisotopic (exact) mass is 445 g/mol. The second-order valence-corrected chi connectivity index (χ2v) is 9.74. The Morgan fingerprint density at radius 3 is 2.70 bits per heavy atom. The smallest absolute Gasteiger partial charge is 0.220 e. The lowest BCUT2D eigenvalue weighted by Crippen LogP contribution is -2.46. The predicted octanol–water partition coefficient (Wildman–Crippen LogP) is 2.77. The average Bonchev–Trinajstić information content (AvgIpc) is 3.35. The lowest BCUT2D eigenvalue weighted by Gasteiger charge is -2.34. The number of aliphatic hydroxyl groups is 1. The third-order valence-corrected chi connectivity index (χ3v) is 7.44. The van der Waals surface area contributed by atoms with Gasteiger partial charge in [-0.25, -0.2) is 9.97 Å². The minimum Gasteiger partial charge on any atom is -0.390 e. The molecule has 1 aromatic carbocycles. The molecule has 1 aliphatic heterocycles. The zero-order valence-electron chi connectivity index (χ0n) is 17.1. The van der Waals surface area contributed by atoms with Crippen molar-refractivity contribution in [3.05, 3.63) is 39.8 Å². The first kappa shape index (κ1) is 21.2. The van der Waals surface area contributed by atoms with Gasteiger partial charge in [-0.1, -0.05) is 23.5 Å². The van der Waals surface area contributed by atoms with E-state index in [1.54, 1.807) is 11.3 Å². The number of anilines is 1. The highest BCUT2D eigenvalue weighted by molar-refractivity contribution is 7.22. The van der Waals surface area contributed by atoms with E-state index in [0.717, 1.165) is 59.7 Å². The SMILES string of the molecule is Cc1sc(CNC(=O)CCCN2CCN(c3nc4ccccc4s3)CC2)nc1CO. The van der Waals surface area contributed by atoms with Crippen LogP contribution in [0, 0.1) is 6.92 Å². The quantitative estimate of drug-likeness (QED) is 0.555. The standard InChI is InChI=1S/C21H27N5O2S2/c1-15-17(14-27)23-20(29-15)13-22-19(28)7-4-8-25-9-11-26(12-10-25)21-24-16-5-2-3-6-18(16)30-21/h2-3,5-6,27H,4,7-14H2,1H3,(H,22,28). The van der Waals surface area contributed by atoms with E-state index in [-0.39, 0.29) is 12.5 Å². The van der Waals surface area contributed by atoms with Crippen LogP contribution in [0.15, 0.2) is 24.3 Å². The summed E-state index contributed by atoms with van der Waals surface area (Å²) in [6, 6.07) is 8.28. The van der Waals surface area contributed by atoms with Crippen LogP contribution < -0.4 is 10.2 Å². The zero-order chi connectivity index (χ0) is 20.9. The molecule has 0 spiro atoms. The van der Waals surface area contributed by atoms with Crippen molar-refractivity contribution in [3.8, 4) is 0 Å². The van der Waals surface area contributed by atoms with Gasteiger partial charge in [0.15, 0.2) is 5.13 Å². The summed E-state index contributed by atoms with van der Waals surface area (Å²) in [7, 11) is 0. The highest BCUT2D eigenvalue weighted by atomic mass is 32.1. The fraction of sp³-hybridized carbons (Fsp3) is 0.476. The number of hydrogen-bond donors (Lipinski definition) is 2. The van der Waals surface area contributed by atoms with Crippen LogP contribution in [0.5, 0.6) is 0 Å². The van der Waals surface area contributed by atoms with Crippen molar-refractivity contribution in [2.24, 2.45) is 0 Å². The molecular formula is C21H27N5O2S2. The maximum absolute atomic E-state index is 12.1. The molecule has 1 saturated heterocycles. The molecule has 0 atom stereocenters. The van der Waals surface area contributed by atoms with E-state index in [0.29, 0.717) is 18.7 Å². The summed E-state index contributed by atoms with van der Waals surface area (Å²) >= 11 is 3.28. The van der Waals surface area contributed by atoms with Crippen LogP contribution in [0.3, 0.4) is 0 Å². The van der Waals surface area contributed by atoms with Gasteiger partial charge in [-0.15, -0.1) is 11.3 Å². The van der Waals surface area contributed by atoms with Gasteiger partial charge in [0.25, 0.3) is 0 Å². The number of benzene rings is 1. The van der Waals surface area contributed by atoms with E-state index in [2.05, 4.69) is 38.3 Å². The molecule has 1 amide bonds. The van der Waals surface area contributed by atoms with Crippen LogP contribution in [0.1, 0.15) is 28.4 Å². The molecule has 3 aromatic rings. The van der Waals surface area contributed by atoms with Crippen LogP contribution in [-0.4, -0.2) is 58.6 Å². The van der Waals surface area contributed by atoms with Crippen molar-refractivity contribution in [3.63, 3.8) is 0 Å². The number of nitrogens with zero attached hydrogens (tertiary/aromatic N) is 4. The van der Waals surface area contributed by atoms with Gasteiger partial charge in [-0.3, -0.25) is 9.69 Å². The van der Waals surface area contributed by atoms with Crippen molar-refractivity contribution < 1.29 is 9.90 Å². The fourth-order valence-corrected chi connectivity index (χ4v) is 5.49. The first-order valence-corrected chi connectivity index (χ1v) is 11.9. The van der Waals surface area contributed by atoms with Gasteiger partial charge in [-0.2, -0.15) is 0 Å². The Bertz CT molecular complexity index is 961. The molecule has 2 aromatic heterocycles. The van der Waals surface area contributed by atoms with Crippen LogP contribution in [0.2, 0.25) is 0 Å². The Morgan fingerprint density at radius 1 is 1.17 bits per heavy atom. The van der Waals surface area contributed by atoms with Crippen molar-refractivity contribution in [1.29, 1.82) is 0 Å². The number of hydrogen-bond acceptors (Lipinski definition) is 8. The first-order valence-electron chi connectivity index (χ1n) is 10.3. The number of carbonyl (C=O) groups excluding carboxylic acids is 1. The molecule has 3 heterocycles. The first-order chi connectivity index (χ1) is 14.6. The molecule has 160 valence electrons. The van der Waals surface area contributed by atoms with Crippen LogP contribution in [-0.2, 0) is 17.9 Å². The zero-order valence-corrected chi connectivity index (χ0v) is 18.8. The summed E-state index contributed by atoms with van der Waals surface area (Å²) in [5.41, 5.74) is 1.78. The second kappa shape index (κ2) is 9.82. The molecule has 0 aliphatic carbocycles. The number of piperazine rings is 1. The maximum Gasteiger partial charge on any atom is 0.220 e. The van der Waals surface area contributed by atoms with Gasteiger partial charge < -0.3 is 15.3 Å². The Hall–Kier alpha value is -2.07. The molecule has 4 rings (SSSR count). The predicted molar refractivity (Wildman–Crippen MR) is 122 cm³/mol. The fourth-order valence-electron chi connectivity index (χ4n) is 3.59. The normalized spacial score (nSPS) is 15.1. The van der Waals surface area contributed by atoms with Crippen LogP contribution >= 0.6 is 22.7 Å².